The fourth-order valence-electron chi connectivity index (χ4n) is 8.06. The average Bonchev–Trinajstić information content (AvgIpc) is 2.96. The lowest BCUT2D eigenvalue weighted by atomic mass is 9.48. The van der Waals surface area contributed by atoms with E-state index in [4.69, 9.17) is 4.74 Å². The van der Waals surface area contributed by atoms with Crippen LogP contribution in [0, 0.1) is 23.7 Å². The lowest BCUT2D eigenvalue weighted by molar-refractivity contribution is -0.139. The molecule has 4 aliphatic carbocycles. The van der Waals surface area contributed by atoms with E-state index in [1.54, 1.807) is 14.0 Å². The van der Waals surface area contributed by atoms with Gasteiger partial charge < -0.3 is 15.0 Å². The summed E-state index contributed by atoms with van der Waals surface area (Å²) in [5.74, 6) is 2.59. The summed E-state index contributed by atoms with van der Waals surface area (Å²) >= 11 is 0. The molecular formula is C34H47N3O5S. The first kappa shape index (κ1) is 31.4. The van der Waals surface area contributed by atoms with E-state index in [0.717, 1.165) is 33.9 Å². The van der Waals surface area contributed by atoms with Crippen LogP contribution < -0.4 is 14.4 Å². The van der Waals surface area contributed by atoms with Crippen molar-refractivity contribution in [3.63, 3.8) is 0 Å². The zero-order chi connectivity index (χ0) is 30.9. The van der Waals surface area contributed by atoms with Crippen LogP contribution >= 0.6 is 0 Å². The van der Waals surface area contributed by atoms with Crippen molar-refractivity contribution in [2.45, 2.75) is 77.3 Å². The molecule has 1 unspecified atom stereocenters. The Morgan fingerprint density at radius 3 is 2.12 bits per heavy atom. The number of methoxy groups -OCH3 is 1. The number of hydrogen-bond donors (Lipinski definition) is 1. The van der Waals surface area contributed by atoms with Crippen LogP contribution in [0.4, 0.5) is 5.69 Å². The number of nitrogens with one attached hydrogen (secondary N) is 1. The number of rotatable bonds is 12. The molecule has 0 spiro atoms. The monoisotopic (exact) mass is 609 g/mol. The molecule has 1 atom stereocenters. The molecule has 6 rings (SSSR count). The molecule has 4 bridgehead atoms. The lowest BCUT2D eigenvalue weighted by Gasteiger charge is -2.57. The number of sulfonamides is 1. The van der Waals surface area contributed by atoms with E-state index in [1.807, 2.05) is 50.2 Å². The molecule has 2 amide bonds. The van der Waals surface area contributed by atoms with Gasteiger partial charge in [-0.1, -0.05) is 38.1 Å². The van der Waals surface area contributed by atoms with Crippen molar-refractivity contribution in [1.82, 2.24) is 10.2 Å². The summed E-state index contributed by atoms with van der Waals surface area (Å²) < 4.78 is 32.7. The van der Waals surface area contributed by atoms with Crippen molar-refractivity contribution in [3.8, 4) is 5.75 Å². The number of carbonyl (C=O) groups excluding carboxylic acids is 2. The largest absolute Gasteiger partial charge is 0.497 e. The van der Waals surface area contributed by atoms with Crippen molar-refractivity contribution in [1.29, 1.82) is 0 Å². The molecule has 9 heteroatoms. The van der Waals surface area contributed by atoms with Gasteiger partial charge >= 0.3 is 0 Å². The maximum atomic E-state index is 13.9. The first-order chi connectivity index (χ1) is 20.4. The molecule has 4 fully saturated rings. The van der Waals surface area contributed by atoms with Gasteiger partial charge in [0.15, 0.2) is 0 Å². The molecule has 0 radical (unpaired) electrons. The van der Waals surface area contributed by atoms with E-state index in [1.165, 1.54) is 49.0 Å². The number of anilines is 1. The van der Waals surface area contributed by atoms with Gasteiger partial charge in [0.25, 0.3) is 0 Å². The first-order valence-electron chi connectivity index (χ1n) is 15.6. The molecule has 0 saturated heterocycles. The quantitative estimate of drug-likeness (QED) is 0.361. The highest BCUT2D eigenvalue weighted by molar-refractivity contribution is 7.92. The number of ether oxygens (including phenoxy) is 1. The van der Waals surface area contributed by atoms with E-state index in [0.29, 0.717) is 18.0 Å². The Hall–Kier alpha value is -3.07. The Bertz CT molecular complexity index is 1390. The minimum atomic E-state index is -3.79. The highest BCUT2D eigenvalue weighted by Crippen LogP contribution is 2.60. The summed E-state index contributed by atoms with van der Waals surface area (Å²) in [5.41, 5.74) is 2.74. The SMILES string of the molecule is COc1cccc(CN(C(=O)CN(c2ccc(C34CC5CC(CC(C5)C3)C4)cc2)S(C)(=O)=O)C(C)C(=O)NCC(C)C)c1. The number of benzene rings is 2. The zero-order valence-electron chi connectivity index (χ0n) is 26.2. The lowest BCUT2D eigenvalue weighted by Crippen LogP contribution is -2.51. The Morgan fingerprint density at radius 2 is 1.58 bits per heavy atom. The third kappa shape index (κ3) is 7.03. The third-order valence-electron chi connectivity index (χ3n) is 9.82. The van der Waals surface area contributed by atoms with E-state index in [9.17, 15) is 18.0 Å². The van der Waals surface area contributed by atoms with Gasteiger partial charge in [0.1, 0.15) is 18.3 Å². The molecule has 0 aliphatic heterocycles. The average molecular weight is 610 g/mol. The summed E-state index contributed by atoms with van der Waals surface area (Å²) in [5, 5.41) is 2.91. The fourth-order valence-corrected chi connectivity index (χ4v) is 8.91. The van der Waals surface area contributed by atoms with Gasteiger partial charge in [0.05, 0.1) is 19.1 Å². The van der Waals surface area contributed by atoms with Crippen LogP contribution in [0.2, 0.25) is 0 Å². The van der Waals surface area contributed by atoms with Crippen molar-refractivity contribution < 1.29 is 22.7 Å². The summed E-state index contributed by atoms with van der Waals surface area (Å²) in [7, 11) is -2.22. The summed E-state index contributed by atoms with van der Waals surface area (Å²) in [4.78, 5) is 28.5. The minimum Gasteiger partial charge on any atom is -0.497 e. The Morgan fingerprint density at radius 1 is 0.977 bits per heavy atom. The molecule has 1 N–H and O–H groups in total. The van der Waals surface area contributed by atoms with Crippen LogP contribution in [0.3, 0.4) is 0 Å². The predicted octanol–water partition coefficient (Wildman–Crippen LogP) is 5.12. The number of nitrogens with zero attached hydrogens (tertiary/aromatic N) is 2. The van der Waals surface area contributed by atoms with Gasteiger partial charge in [0, 0.05) is 13.1 Å². The van der Waals surface area contributed by atoms with Crippen LogP contribution in [0.25, 0.3) is 0 Å². The van der Waals surface area contributed by atoms with Gasteiger partial charge in [0.2, 0.25) is 21.8 Å². The second-order valence-electron chi connectivity index (χ2n) is 13.7. The summed E-state index contributed by atoms with van der Waals surface area (Å²) in [6.45, 7) is 5.90. The maximum Gasteiger partial charge on any atom is 0.244 e. The van der Waals surface area contributed by atoms with Gasteiger partial charge in [-0.05, 0) is 110 Å². The van der Waals surface area contributed by atoms with E-state index >= 15 is 0 Å². The molecule has 8 nitrogen and oxygen atoms in total. The summed E-state index contributed by atoms with van der Waals surface area (Å²) in [6, 6.07) is 14.4. The van der Waals surface area contributed by atoms with E-state index in [-0.39, 0.29) is 23.8 Å². The minimum absolute atomic E-state index is 0.134. The first-order valence-corrected chi connectivity index (χ1v) is 17.5. The fraction of sp³-hybridized carbons (Fsp3) is 0.588. The van der Waals surface area contributed by atoms with Crippen molar-refractivity contribution in [2.75, 3.05) is 30.8 Å². The molecule has 234 valence electrons. The van der Waals surface area contributed by atoms with E-state index < -0.39 is 28.5 Å². The third-order valence-corrected chi connectivity index (χ3v) is 11.0. The molecule has 4 aliphatic rings. The number of hydrogen-bond acceptors (Lipinski definition) is 5. The maximum absolute atomic E-state index is 13.9. The standard InChI is InChI=1S/C34H47N3O5S/c1-23(2)20-35-33(39)24(3)36(21-25-7-6-8-31(16-25)42-4)32(38)22-37(43(5,40)41)30-11-9-29(10-12-30)34-17-26-13-27(18-34)15-28(14-26)19-34/h6-12,16,23-24,26-28H,13-15,17-22H2,1-5H3,(H,35,39). The Balaban J connectivity index is 1.38. The smallest absolute Gasteiger partial charge is 0.244 e. The van der Waals surface area contributed by atoms with Crippen LogP contribution in [-0.4, -0.2) is 57.6 Å². The Kier molecular flexibility index (Phi) is 9.12. The predicted molar refractivity (Wildman–Crippen MR) is 169 cm³/mol. The zero-order valence-corrected chi connectivity index (χ0v) is 27.0. The molecule has 0 heterocycles. The van der Waals surface area contributed by atoms with Crippen LogP contribution in [0.5, 0.6) is 5.75 Å². The molecule has 2 aromatic rings. The van der Waals surface area contributed by atoms with Crippen LogP contribution in [0.1, 0.15) is 70.4 Å². The topological polar surface area (TPSA) is 96.0 Å². The molecule has 2 aromatic carbocycles. The molecule has 43 heavy (non-hydrogen) atoms. The van der Waals surface area contributed by atoms with Gasteiger partial charge in [-0.2, -0.15) is 0 Å². The van der Waals surface area contributed by atoms with Crippen molar-refractivity contribution in [3.05, 3.63) is 59.7 Å². The molecular weight excluding hydrogens is 562 g/mol. The van der Waals surface area contributed by atoms with Crippen molar-refractivity contribution >= 4 is 27.5 Å². The number of amides is 2. The van der Waals surface area contributed by atoms with Gasteiger partial charge in [-0.3, -0.25) is 13.9 Å². The van der Waals surface area contributed by atoms with Crippen LogP contribution in [-0.2, 0) is 31.6 Å². The molecule has 0 aromatic heterocycles. The van der Waals surface area contributed by atoms with Gasteiger partial charge in [-0.25, -0.2) is 8.42 Å². The van der Waals surface area contributed by atoms with Crippen LogP contribution in [0.15, 0.2) is 48.5 Å². The highest BCUT2D eigenvalue weighted by Gasteiger charge is 2.51. The normalized spacial score (nSPS) is 24.9. The van der Waals surface area contributed by atoms with E-state index in [2.05, 4.69) is 17.4 Å². The highest BCUT2D eigenvalue weighted by atomic mass is 32.2. The van der Waals surface area contributed by atoms with Gasteiger partial charge in [-0.15, -0.1) is 0 Å². The molecule has 4 saturated carbocycles. The number of carbonyl (C=O) groups is 2. The summed E-state index contributed by atoms with van der Waals surface area (Å²) in [6.07, 6.45) is 8.89. The Labute approximate surface area is 257 Å². The second kappa shape index (κ2) is 12.5. The second-order valence-corrected chi connectivity index (χ2v) is 15.6. The van der Waals surface area contributed by atoms with Crippen molar-refractivity contribution in [2.24, 2.45) is 23.7 Å².